The summed E-state index contributed by atoms with van der Waals surface area (Å²) in [5, 5.41) is 12.6. The maximum atomic E-state index is 9.00. The van der Waals surface area contributed by atoms with Crippen molar-refractivity contribution in [3.63, 3.8) is 0 Å². The third kappa shape index (κ3) is 4.15. The van der Waals surface area contributed by atoms with Crippen molar-refractivity contribution < 1.29 is 5.11 Å². The highest BCUT2D eigenvalue weighted by atomic mass is 16.3. The molecule has 106 valence electrons. The van der Waals surface area contributed by atoms with Crippen LogP contribution < -0.4 is 5.32 Å². The van der Waals surface area contributed by atoms with Crippen molar-refractivity contribution in [2.45, 2.75) is 19.4 Å². The molecule has 2 atom stereocenters. The molecule has 0 saturated heterocycles. The minimum absolute atomic E-state index is 0.0959. The van der Waals surface area contributed by atoms with E-state index in [0.717, 1.165) is 18.7 Å². The molecule has 2 aromatic rings. The molecule has 0 spiro atoms. The Morgan fingerprint density at radius 2 is 1.85 bits per heavy atom. The lowest BCUT2D eigenvalue weighted by molar-refractivity contribution is 0.259. The first-order chi connectivity index (χ1) is 9.81. The van der Waals surface area contributed by atoms with Gasteiger partial charge in [-0.2, -0.15) is 0 Å². The first kappa shape index (κ1) is 14.7. The van der Waals surface area contributed by atoms with Gasteiger partial charge in [0, 0.05) is 12.8 Å². The zero-order valence-corrected chi connectivity index (χ0v) is 11.9. The molecule has 0 aliphatic carbocycles. The molecule has 3 heteroatoms. The number of pyridine rings is 1. The van der Waals surface area contributed by atoms with Gasteiger partial charge in [0.05, 0.1) is 11.7 Å². The fourth-order valence-corrected chi connectivity index (χ4v) is 2.23. The summed E-state index contributed by atoms with van der Waals surface area (Å²) in [6.45, 7) is 3.24. The summed E-state index contributed by atoms with van der Waals surface area (Å²) >= 11 is 0. The van der Waals surface area contributed by atoms with Gasteiger partial charge in [0.2, 0.25) is 0 Å². The number of rotatable bonds is 7. The van der Waals surface area contributed by atoms with Crippen molar-refractivity contribution in [1.82, 2.24) is 10.3 Å². The van der Waals surface area contributed by atoms with Crippen LogP contribution in [0, 0.1) is 5.92 Å². The highest BCUT2D eigenvalue weighted by molar-refractivity contribution is 5.27. The topological polar surface area (TPSA) is 45.1 Å². The van der Waals surface area contributed by atoms with Crippen molar-refractivity contribution in [3.05, 3.63) is 66.0 Å². The molecule has 20 heavy (non-hydrogen) atoms. The van der Waals surface area contributed by atoms with E-state index in [4.69, 9.17) is 5.11 Å². The number of aliphatic hydroxyl groups is 1. The van der Waals surface area contributed by atoms with Crippen LogP contribution in [0.2, 0.25) is 0 Å². The first-order valence-corrected chi connectivity index (χ1v) is 7.11. The normalized spacial score (nSPS) is 13.9. The zero-order valence-electron chi connectivity index (χ0n) is 11.9. The van der Waals surface area contributed by atoms with Gasteiger partial charge < -0.3 is 10.4 Å². The van der Waals surface area contributed by atoms with Gasteiger partial charge in [0.1, 0.15) is 0 Å². The maximum Gasteiger partial charge on any atom is 0.0751 e. The van der Waals surface area contributed by atoms with Crippen LogP contribution in [0.5, 0.6) is 0 Å². The predicted molar refractivity (Wildman–Crippen MR) is 81.4 cm³/mol. The molecule has 2 unspecified atom stereocenters. The minimum atomic E-state index is 0.0959. The largest absolute Gasteiger partial charge is 0.396 e. The molecule has 1 aromatic carbocycles. The van der Waals surface area contributed by atoms with Crippen molar-refractivity contribution in [3.8, 4) is 0 Å². The van der Waals surface area contributed by atoms with Gasteiger partial charge >= 0.3 is 0 Å². The lowest BCUT2D eigenvalue weighted by Crippen LogP contribution is -2.28. The Morgan fingerprint density at radius 1 is 1.10 bits per heavy atom. The number of benzene rings is 1. The molecule has 1 heterocycles. The van der Waals surface area contributed by atoms with Gasteiger partial charge in [-0.15, -0.1) is 0 Å². The quantitative estimate of drug-likeness (QED) is 0.813. The molecule has 0 aliphatic heterocycles. The molecule has 0 fully saturated rings. The predicted octanol–water partition coefficient (Wildman–Crippen LogP) is 2.78. The van der Waals surface area contributed by atoms with Crippen LogP contribution in [0.3, 0.4) is 0 Å². The molecule has 2 rings (SSSR count). The van der Waals surface area contributed by atoms with E-state index in [0.29, 0.717) is 5.92 Å². The van der Waals surface area contributed by atoms with E-state index in [9.17, 15) is 0 Å². The molecule has 0 saturated carbocycles. The van der Waals surface area contributed by atoms with E-state index in [1.165, 1.54) is 5.56 Å². The number of hydrogen-bond acceptors (Lipinski definition) is 3. The molecular formula is C17H22N2O. The van der Waals surface area contributed by atoms with Gasteiger partial charge in [-0.05, 0) is 36.6 Å². The summed E-state index contributed by atoms with van der Waals surface area (Å²) < 4.78 is 0. The van der Waals surface area contributed by atoms with Crippen LogP contribution in [0.1, 0.15) is 30.6 Å². The van der Waals surface area contributed by atoms with Crippen LogP contribution in [-0.2, 0) is 0 Å². The van der Waals surface area contributed by atoms with E-state index >= 15 is 0 Å². The molecule has 0 aliphatic rings. The average molecular weight is 270 g/mol. The summed E-state index contributed by atoms with van der Waals surface area (Å²) in [4.78, 5) is 4.47. The second-order valence-corrected chi connectivity index (χ2v) is 5.12. The van der Waals surface area contributed by atoms with Crippen molar-refractivity contribution >= 4 is 0 Å². The third-order valence-electron chi connectivity index (χ3n) is 3.41. The average Bonchev–Trinajstić information content (AvgIpc) is 2.50. The molecule has 0 bridgehead atoms. The monoisotopic (exact) mass is 270 g/mol. The van der Waals surface area contributed by atoms with E-state index in [2.05, 4.69) is 29.4 Å². The number of nitrogens with zero attached hydrogens (tertiary/aromatic N) is 1. The summed E-state index contributed by atoms with van der Waals surface area (Å²) in [7, 11) is 0. The molecule has 0 radical (unpaired) electrons. The Balaban J connectivity index is 2.13. The molecule has 2 N–H and O–H groups in total. The highest BCUT2D eigenvalue weighted by Crippen LogP contribution is 2.20. The van der Waals surface area contributed by atoms with Gasteiger partial charge in [-0.1, -0.05) is 43.3 Å². The Kier molecular flexibility index (Phi) is 5.71. The number of aliphatic hydroxyl groups excluding tert-OH is 1. The second kappa shape index (κ2) is 7.78. The summed E-state index contributed by atoms with van der Waals surface area (Å²) in [5.41, 5.74) is 2.23. The fraction of sp³-hybridized carbons (Fsp3) is 0.353. The van der Waals surface area contributed by atoms with Gasteiger partial charge in [0.25, 0.3) is 0 Å². The number of aromatic nitrogens is 1. The maximum absolute atomic E-state index is 9.00. The van der Waals surface area contributed by atoms with E-state index in [-0.39, 0.29) is 12.6 Å². The van der Waals surface area contributed by atoms with Crippen LogP contribution in [-0.4, -0.2) is 23.2 Å². The second-order valence-electron chi connectivity index (χ2n) is 5.12. The van der Waals surface area contributed by atoms with E-state index in [1.807, 2.05) is 42.6 Å². The highest BCUT2D eigenvalue weighted by Gasteiger charge is 2.15. The molecule has 0 amide bonds. The van der Waals surface area contributed by atoms with Crippen LogP contribution in [0.15, 0.2) is 54.7 Å². The van der Waals surface area contributed by atoms with Crippen molar-refractivity contribution in [1.29, 1.82) is 0 Å². The fourth-order valence-electron chi connectivity index (χ4n) is 2.23. The minimum Gasteiger partial charge on any atom is -0.396 e. The van der Waals surface area contributed by atoms with Crippen LogP contribution >= 0.6 is 0 Å². The lowest BCUT2D eigenvalue weighted by atomic mass is 10.0. The van der Waals surface area contributed by atoms with Crippen LogP contribution in [0.25, 0.3) is 0 Å². The smallest absolute Gasteiger partial charge is 0.0751 e. The Labute approximate surface area is 120 Å². The Hall–Kier alpha value is -1.71. The number of nitrogens with one attached hydrogen (secondary N) is 1. The van der Waals surface area contributed by atoms with Crippen molar-refractivity contribution in [2.24, 2.45) is 5.92 Å². The van der Waals surface area contributed by atoms with Crippen molar-refractivity contribution in [2.75, 3.05) is 13.2 Å². The summed E-state index contributed by atoms with van der Waals surface area (Å²) in [6, 6.07) is 16.4. The first-order valence-electron chi connectivity index (χ1n) is 7.11. The lowest BCUT2D eigenvalue weighted by Gasteiger charge is -2.21. The Bertz CT molecular complexity index is 447. The SMILES string of the molecule is CC(CCO)CNC(c1ccccc1)c1ccccn1. The summed E-state index contributed by atoms with van der Waals surface area (Å²) in [6.07, 6.45) is 2.64. The standard InChI is InChI=1S/C17H22N2O/c1-14(10-12-20)13-19-17(15-7-3-2-4-8-15)16-9-5-6-11-18-16/h2-9,11,14,17,19-20H,10,12-13H2,1H3. The molecule has 3 nitrogen and oxygen atoms in total. The Morgan fingerprint density at radius 3 is 2.50 bits per heavy atom. The van der Waals surface area contributed by atoms with E-state index in [1.54, 1.807) is 0 Å². The van der Waals surface area contributed by atoms with E-state index < -0.39 is 0 Å². The van der Waals surface area contributed by atoms with Gasteiger partial charge in [-0.3, -0.25) is 4.98 Å². The molecular weight excluding hydrogens is 248 g/mol. The number of hydrogen-bond donors (Lipinski definition) is 2. The van der Waals surface area contributed by atoms with Gasteiger partial charge in [0.15, 0.2) is 0 Å². The third-order valence-corrected chi connectivity index (χ3v) is 3.41. The summed E-state index contributed by atoms with van der Waals surface area (Å²) in [5.74, 6) is 0.440. The van der Waals surface area contributed by atoms with Gasteiger partial charge in [-0.25, -0.2) is 0 Å². The molecule has 1 aromatic heterocycles. The van der Waals surface area contributed by atoms with Crippen LogP contribution in [0.4, 0.5) is 0 Å². The zero-order chi connectivity index (χ0) is 14.2.